The van der Waals surface area contributed by atoms with Crippen molar-refractivity contribution in [1.29, 1.82) is 0 Å². The lowest BCUT2D eigenvalue weighted by Crippen LogP contribution is -2.00. The summed E-state index contributed by atoms with van der Waals surface area (Å²) in [6, 6.07) is 0. The van der Waals surface area contributed by atoms with Crippen LogP contribution in [0.2, 0.25) is 0 Å². The van der Waals surface area contributed by atoms with Crippen LogP contribution in [0.3, 0.4) is 0 Å². The molecule has 0 N–H and O–H groups in total. The predicted molar refractivity (Wildman–Crippen MR) is 41.1 cm³/mol. The Kier molecular flexibility index (Phi) is 6.29. The molecule has 0 aromatic rings. The van der Waals surface area contributed by atoms with Crippen LogP contribution in [0.4, 0.5) is 0 Å². The molecule has 0 aliphatic heterocycles. The smallest absolute Gasteiger partial charge is 0.330 e. The van der Waals surface area contributed by atoms with Crippen LogP contribution in [0.25, 0.3) is 0 Å². The van der Waals surface area contributed by atoms with Crippen molar-refractivity contribution in [3.63, 3.8) is 0 Å². The number of rotatable bonds is 4. The van der Waals surface area contributed by atoms with E-state index in [0.717, 1.165) is 6.42 Å². The fraction of sp³-hybridized carbons (Fsp3) is 0.571. The molecule has 0 rings (SSSR count). The van der Waals surface area contributed by atoms with Gasteiger partial charge in [-0.2, -0.15) is 0 Å². The molecule has 0 saturated carbocycles. The maximum atomic E-state index is 10.6. The summed E-state index contributed by atoms with van der Waals surface area (Å²) in [5.41, 5.74) is 0. The maximum Gasteiger partial charge on any atom is 0.330 e. The molecular weight excluding hydrogens is 152 g/mol. The third-order valence-corrected chi connectivity index (χ3v) is 0.970. The molecule has 0 fully saturated rings. The molecule has 2 nitrogen and oxygen atoms in total. The van der Waals surface area contributed by atoms with E-state index in [4.69, 9.17) is 16.3 Å². The fourth-order valence-corrected chi connectivity index (χ4v) is 0.481. The summed E-state index contributed by atoms with van der Waals surface area (Å²) in [4.78, 5) is 10.6. The molecule has 0 aromatic heterocycles. The van der Waals surface area contributed by atoms with Gasteiger partial charge in [-0.15, -0.1) is 11.6 Å². The van der Waals surface area contributed by atoms with Gasteiger partial charge in [0.2, 0.25) is 0 Å². The molecule has 0 saturated heterocycles. The zero-order valence-electron chi connectivity index (χ0n) is 5.97. The molecule has 10 heavy (non-hydrogen) atoms. The van der Waals surface area contributed by atoms with Crippen LogP contribution in [0, 0.1) is 0 Å². The predicted octanol–water partition coefficient (Wildman–Crippen LogP) is 1.73. The van der Waals surface area contributed by atoms with E-state index in [2.05, 4.69) is 0 Å². The number of hydrogen-bond donors (Lipinski definition) is 0. The van der Waals surface area contributed by atoms with Crippen LogP contribution in [-0.4, -0.2) is 18.5 Å². The Hall–Kier alpha value is -0.500. The van der Waals surface area contributed by atoms with Crippen molar-refractivity contribution in [2.45, 2.75) is 13.3 Å². The Morgan fingerprint density at radius 1 is 1.70 bits per heavy atom. The molecule has 0 aromatic carbocycles. The normalized spacial score (nSPS) is 10.2. The van der Waals surface area contributed by atoms with Gasteiger partial charge in [0.15, 0.2) is 0 Å². The van der Waals surface area contributed by atoms with Gasteiger partial charge < -0.3 is 4.74 Å². The zero-order chi connectivity index (χ0) is 7.82. The average molecular weight is 163 g/mol. The first-order chi connectivity index (χ1) is 4.81. The van der Waals surface area contributed by atoms with Crippen LogP contribution in [0.1, 0.15) is 13.3 Å². The molecule has 0 bridgehead atoms. The van der Waals surface area contributed by atoms with Gasteiger partial charge in [-0.1, -0.05) is 13.0 Å². The van der Waals surface area contributed by atoms with Crippen molar-refractivity contribution < 1.29 is 9.53 Å². The van der Waals surface area contributed by atoms with E-state index in [0.29, 0.717) is 12.5 Å². The molecule has 0 amide bonds. The van der Waals surface area contributed by atoms with Gasteiger partial charge in [0.1, 0.15) is 0 Å². The molecule has 0 atom stereocenters. The summed E-state index contributed by atoms with van der Waals surface area (Å²) in [7, 11) is 0. The van der Waals surface area contributed by atoms with E-state index < -0.39 is 0 Å². The van der Waals surface area contributed by atoms with Gasteiger partial charge >= 0.3 is 5.97 Å². The monoisotopic (exact) mass is 162 g/mol. The lowest BCUT2D eigenvalue weighted by molar-refractivity contribution is -0.137. The summed E-state index contributed by atoms with van der Waals surface area (Å²) in [5.74, 6) is 0.0313. The van der Waals surface area contributed by atoms with Crippen LogP contribution in [0.15, 0.2) is 12.2 Å². The second kappa shape index (κ2) is 6.62. The number of esters is 1. The van der Waals surface area contributed by atoms with E-state index in [-0.39, 0.29) is 5.97 Å². The van der Waals surface area contributed by atoms with Crippen LogP contribution < -0.4 is 0 Å². The van der Waals surface area contributed by atoms with Crippen molar-refractivity contribution in [3.05, 3.63) is 12.2 Å². The third-order valence-electron chi connectivity index (χ3n) is 0.791. The van der Waals surface area contributed by atoms with E-state index in [1.165, 1.54) is 6.08 Å². The topological polar surface area (TPSA) is 26.3 Å². The Bertz CT molecular complexity index is 121. The Labute approximate surface area is 65.8 Å². The highest BCUT2D eigenvalue weighted by Gasteiger charge is 1.92. The number of halogens is 1. The SMILES string of the molecule is CCCOC(=O)/C=C/CCl. The minimum absolute atomic E-state index is 0.317. The fourth-order valence-electron chi connectivity index (χ4n) is 0.392. The lowest BCUT2D eigenvalue weighted by atomic mass is 10.5. The second-order valence-corrected chi connectivity index (χ2v) is 2.03. The minimum Gasteiger partial charge on any atom is -0.463 e. The summed E-state index contributed by atoms with van der Waals surface area (Å²) >= 11 is 5.29. The largest absolute Gasteiger partial charge is 0.463 e. The molecule has 0 heterocycles. The molecule has 0 aliphatic rings. The van der Waals surface area contributed by atoms with E-state index in [1.807, 2.05) is 6.92 Å². The van der Waals surface area contributed by atoms with Gasteiger partial charge in [-0.05, 0) is 6.42 Å². The number of ether oxygens (including phenoxy) is 1. The van der Waals surface area contributed by atoms with Crippen LogP contribution >= 0.6 is 11.6 Å². The van der Waals surface area contributed by atoms with Gasteiger partial charge in [0.25, 0.3) is 0 Å². The first-order valence-corrected chi connectivity index (χ1v) is 3.74. The van der Waals surface area contributed by atoms with Gasteiger partial charge in [0, 0.05) is 12.0 Å². The van der Waals surface area contributed by atoms with Gasteiger partial charge in [0.05, 0.1) is 6.61 Å². The highest BCUT2D eigenvalue weighted by atomic mass is 35.5. The van der Waals surface area contributed by atoms with E-state index in [1.54, 1.807) is 6.08 Å². The highest BCUT2D eigenvalue weighted by Crippen LogP contribution is 1.85. The molecular formula is C7H11ClO2. The van der Waals surface area contributed by atoms with Crippen LogP contribution in [0.5, 0.6) is 0 Å². The summed E-state index contributed by atoms with van der Waals surface area (Å²) < 4.78 is 4.71. The second-order valence-electron chi connectivity index (χ2n) is 1.72. The number of carbonyl (C=O) groups excluding carboxylic acids is 1. The Balaban J connectivity index is 3.34. The third kappa shape index (κ3) is 5.63. The number of carbonyl (C=O) groups is 1. The van der Waals surface area contributed by atoms with Gasteiger partial charge in [-0.3, -0.25) is 0 Å². The van der Waals surface area contributed by atoms with Gasteiger partial charge in [-0.25, -0.2) is 4.79 Å². The lowest BCUT2D eigenvalue weighted by Gasteiger charge is -1.95. The van der Waals surface area contributed by atoms with Crippen molar-refractivity contribution in [3.8, 4) is 0 Å². The molecule has 0 radical (unpaired) electrons. The molecule has 0 unspecified atom stereocenters. The molecule has 3 heteroatoms. The average Bonchev–Trinajstić information content (AvgIpc) is 1.97. The van der Waals surface area contributed by atoms with E-state index >= 15 is 0 Å². The van der Waals surface area contributed by atoms with Crippen LogP contribution in [-0.2, 0) is 9.53 Å². The summed E-state index contributed by atoms with van der Waals surface area (Å²) in [6.45, 7) is 2.42. The summed E-state index contributed by atoms with van der Waals surface area (Å²) in [6.07, 6.45) is 3.74. The Morgan fingerprint density at radius 3 is 2.90 bits per heavy atom. The zero-order valence-corrected chi connectivity index (χ0v) is 6.73. The van der Waals surface area contributed by atoms with Crippen molar-refractivity contribution in [2.75, 3.05) is 12.5 Å². The standard InChI is InChI=1S/C7H11ClO2/c1-2-6-10-7(9)4-3-5-8/h3-4H,2,5-6H2,1H3/b4-3+. The number of hydrogen-bond acceptors (Lipinski definition) is 2. The highest BCUT2D eigenvalue weighted by molar-refractivity contribution is 6.19. The van der Waals surface area contributed by atoms with E-state index in [9.17, 15) is 4.79 Å². The number of alkyl halides is 1. The molecule has 0 aliphatic carbocycles. The minimum atomic E-state index is -0.317. The first-order valence-electron chi connectivity index (χ1n) is 3.20. The van der Waals surface area contributed by atoms with Crippen molar-refractivity contribution in [2.24, 2.45) is 0 Å². The Morgan fingerprint density at radius 2 is 2.40 bits per heavy atom. The quantitative estimate of drug-likeness (QED) is 0.358. The maximum absolute atomic E-state index is 10.6. The number of allylic oxidation sites excluding steroid dienone is 1. The van der Waals surface area contributed by atoms with Crippen molar-refractivity contribution >= 4 is 17.6 Å². The first kappa shape index (κ1) is 9.50. The molecule has 0 spiro atoms. The molecule has 58 valence electrons. The summed E-state index contributed by atoms with van der Waals surface area (Å²) in [5, 5.41) is 0. The van der Waals surface area contributed by atoms with Crippen molar-refractivity contribution in [1.82, 2.24) is 0 Å².